The highest BCUT2D eigenvalue weighted by molar-refractivity contribution is 5.58. The van der Waals surface area contributed by atoms with Crippen LogP contribution in [0.15, 0.2) is 45.9 Å². The maximum atomic E-state index is 9.91. The fourth-order valence-corrected chi connectivity index (χ4v) is 4.09. The first-order valence-electron chi connectivity index (χ1n) is 8.30. The number of hydrogen-bond donors (Lipinski definition) is 2. The molecule has 2 aliphatic rings. The summed E-state index contributed by atoms with van der Waals surface area (Å²) in [4.78, 5) is 1.35. The lowest BCUT2D eigenvalue weighted by Crippen LogP contribution is -3.16. The minimum absolute atomic E-state index is 0.0571. The van der Waals surface area contributed by atoms with Gasteiger partial charge in [-0.25, -0.2) is 0 Å². The molecule has 25 heavy (non-hydrogen) atoms. The van der Waals surface area contributed by atoms with E-state index in [0.717, 1.165) is 24.2 Å². The molecule has 126 valence electrons. The van der Waals surface area contributed by atoms with Gasteiger partial charge in [-0.05, 0) is 37.1 Å². The molecular formula is C19H20N5O+. The number of hydrogen-bond acceptors (Lipinski definition) is 5. The zero-order chi connectivity index (χ0) is 18.2. The number of furan rings is 1. The van der Waals surface area contributed by atoms with E-state index in [0.29, 0.717) is 6.04 Å². The van der Waals surface area contributed by atoms with Gasteiger partial charge in [0.05, 0.1) is 55.1 Å². The standard InChI is InChI=1S/C19H19N5O/c1-12(2)24-5-3-14-15(7-20)18(23)19(10-21,11-22)17(16(14)8-24)13-4-6-25-9-13/h3-4,6,9,12,16-17H,5,8,23H2,1-2H3/p+1. The summed E-state index contributed by atoms with van der Waals surface area (Å²) in [7, 11) is 0. The number of nitrogens with two attached hydrogens (primary N) is 1. The summed E-state index contributed by atoms with van der Waals surface area (Å²) in [5.41, 5.74) is 6.62. The summed E-state index contributed by atoms with van der Waals surface area (Å²) < 4.78 is 5.23. The van der Waals surface area contributed by atoms with Crippen LogP contribution in [0.25, 0.3) is 0 Å². The minimum atomic E-state index is -1.57. The Morgan fingerprint density at radius 2 is 2.04 bits per heavy atom. The average Bonchev–Trinajstić information content (AvgIpc) is 3.14. The van der Waals surface area contributed by atoms with E-state index >= 15 is 0 Å². The summed E-state index contributed by atoms with van der Waals surface area (Å²) in [5, 5.41) is 29.5. The van der Waals surface area contributed by atoms with Crippen LogP contribution in [-0.2, 0) is 0 Å². The second kappa shape index (κ2) is 6.13. The van der Waals surface area contributed by atoms with Crippen molar-refractivity contribution < 1.29 is 9.32 Å². The van der Waals surface area contributed by atoms with Gasteiger partial charge in [0.15, 0.2) is 5.41 Å². The predicted octanol–water partition coefficient (Wildman–Crippen LogP) is 0.996. The monoisotopic (exact) mass is 334 g/mol. The van der Waals surface area contributed by atoms with Crippen LogP contribution >= 0.6 is 0 Å². The lowest BCUT2D eigenvalue weighted by Gasteiger charge is -2.44. The molecule has 0 saturated carbocycles. The Morgan fingerprint density at radius 3 is 2.56 bits per heavy atom. The van der Waals surface area contributed by atoms with Crippen molar-refractivity contribution in [3.63, 3.8) is 0 Å². The Hall–Kier alpha value is -3.01. The number of rotatable bonds is 2. The predicted molar refractivity (Wildman–Crippen MR) is 89.3 cm³/mol. The van der Waals surface area contributed by atoms with Crippen LogP contribution in [0.3, 0.4) is 0 Å². The van der Waals surface area contributed by atoms with Crippen LogP contribution < -0.4 is 10.6 Å². The molecular weight excluding hydrogens is 314 g/mol. The van der Waals surface area contributed by atoms with Crippen molar-refractivity contribution in [3.8, 4) is 18.2 Å². The molecule has 0 aromatic carbocycles. The first kappa shape index (κ1) is 16.8. The first-order valence-corrected chi connectivity index (χ1v) is 8.30. The molecule has 6 nitrogen and oxygen atoms in total. The zero-order valence-corrected chi connectivity index (χ0v) is 14.3. The number of nitrogens with one attached hydrogen (secondary N) is 1. The normalized spacial score (nSPS) is 27.7. The van der Waals surface area contributed by atoms with E-state index in [9.17, 15) is 15.8 Å². The smallest absolute Gasteiger partial charge is 0.191 e. The number of nitrogens with zero attached hydrogens (tertiary/aromatic N) is 3. The van der Waals surface area contributed by atoms with Crippen molar-refractivity contribution in [2.24, 2.45) is 17.1 Å². The molecule has 0 fully saturated rings. The van der Waals surface area contributed by atoms with Crippen LogP contribution in [0.4, 0.5) is 0 Å². The highest BCUT2D eigenvalue weighted by atomic mass is 16.3. The quantitative estimate of drug-likeness (QED) is 0.837. The molecule has 3 rings (SSSR count). The van der Waals surface area contributed by atoms with Crippen LogP contribution in [0.2, 0.25) is 0 Å². The van der Waals surface area contributed by atoms with Crippen molar-refractivity contribution in [1.29, 1.82) is 15.8 Å². The molecule has 1 aromatic rings. The maximum absolute atomic E-state index is 9.91. The van der Waals surface area contributed by atoms with Crippen molar-refractivity contribution in [2.45, 2.75) is 25.8 Å². The van der Waals surface area contributed by atoms with Crippen molar-refractivity contribution in [3.05, 3.63) is 47.1 Å². The molecule has 1 aliphatic carbocycles. The Balaban J connectivity index is 2.28. The number of nitriles is 3. The van der Waals surface area contributed by atoms with Crippen LogP contribution in [-0.4, -0.2) is 19.1 Å². The third-order valence-electron chi connectivity index (χ3n) is 5.50. The topological polar surface area (TPSA) is 115 Å². The SMILES string of the molecule is CC(C)[NH+]1CC=C2C(C#N)=C(N)C(C#N)(C#N)C(c3ccoc3)C2C1. The van der Waals surface area contributed by atoms with E-state index in [-0.39, 0.29) is 17.2 Å². The zero-order valence-electron chi connectivity index (χ0n) is 14.3. The second-order valence-corrected chi connectivity index (χ2v) is 6.95. The first-order chi connectivity index (χ1) is 12.0. The molecule has 0 radical (unpaired) electrons. The van der Waals surface area contributed by atoms with Crippen LogP contribution in [0.5, 0.6) is 0 Å². The second-order valence-electron chi connectivity index (χ2n) is 6.95. The number of fused-ring (bicyclic) bond motifs is 1. The van der Waals surface area contributed by atoms with Gasteiger partial charge in [0.1, 0.15) is 6.07 Å². The lowest BCUT2D eigenvalue weighted by atomic mass is 9.58. The maximum Gasteiger partial charge on any atom is 0.191 e. The highest BCUT2D eigenvalue weighted by Gasteiger charge is 2.55. The Morgan fingerprint density at radius 1 is 1.32 bits per heavy atom. The van der Waals surface area contributed by atoms with Gasteiger partial charge >= 0.3 is 0 Å². The number of allylic oxidation sites excluding steroid dienone is 2. The summed E-state index contributed by atoms with van der Waals surface area (Å²) >= 11 is 0. The van der Waals surface area contributed by atoms with E-state index in [1.807, 2.05) is 6.08 Å². The Labute approximate surface area is 147 Å². The molecule has 6 heteroatoms. The van der Waals surface area contributed by atoms with E-state index in [2.05, 4.69) is 32.1 Å². The largest absolute Gasteiger partial charge is 0.472 e. The van der Waals surface area contributed by atoms with Crippen LogP contribution in [0, 0.1) is 45.3 Å². The van der Waals surface area contributed by atoms with Crippen molar-refractivity contribution in [1.82, 2.24) is 0 Å². The van der Waals surface area contributed by atoms with E-state index in [1.165, 1.54) is 11.2 Å². The minimum Gasteiger partial charge on any atom is -0.472 e. The summed E-state index contributed by atoms with van der Waals surface area (Å²) in [6, 6.07) is 8.56. The third kappa shape index (κ3) is 2.33. The van der Waals surface area contributed by atoms with Gasteiger partial charge in [-0.2, -0.15) is 15.8 Å². The van der Waals surface area contributed by atoms with E-state index < -0.39 is 11.3 Å². The fourth-order valence-electron chi connectivity index (χ4n) is 4.09. The van der Waals surface area contributed by atoms with Gasteiger partial charge in [0, 0.05) is 11.8 Å². The molecule has 1 aromatic heterocycles. The third-order valence-corrected chi connectivity index (χ3v) is 5.50. The molecule has 3 unspecified atom stereocenters. The van der Waals surface area contributed by atoms with E-state index in [4.69, 9.17) is 10.2 Å². The Bertz CT molecular complexity index is 843. The van der Waals surface area contributed by atoms with E-state index in [1.54, 1.807) is 12.3 Å². The average molecular weight is 334 g/mol. The van der Waals surface area contributed by atoms with Crippen molar-refractivity contribution in [2.75, 3.05) is 13.1 Å². The fraction of sp³-hybridized carbons (Fsp3) is 0.421. The summed E-state index contributed by atoms with van der Waals surface area (Å²) in [6.07, 6.45) is 5.15. The van der Waals surface area contributed by atoms with Gasteiger partial charge in [-0.15, -0.1) is 0 Å². The van der Waals surface area contributed by atoms with Gasteiger partial charge < -0.3 is 15.1 Å². The molecule has 0 spiro atoms. The molecule has 3 N–H and O–H groups in total. The van der Waals surface area contributed by atoms with Gasteiger partial charge in [-0.3, -0.25) is 0 Å². The molecule has 3 atom stereocenters. The lowest BCUT2D eigenvalue weighted by molar-refractivity contribution is -0.920. The molecule has 0 saturated heterocycles. The highest BCUT2D eigenvalue weighted by Crippen LogP contribution is 2.53. The molecule has 1 aliphatic heterocycles. The summed E-state index contributed by atoms with van der Waals surface area (Å²) in [6.45, 7) is 5.82. The molecule has 2 heterocycles. The van der Waals surface area contributed by atoms with Crippen LogP contribution in [0.1, 0.15) is 25.3 Å². The van der Waals surface area contributed by atoms with Gasteiger partial charge in [0.2, 0.25) is 0 Å². The molecule has 0 bridgehead atoms. The Kier molecular flexibility index (Phi) is 4.13. The summed E-state index contributed by atoms with van der Waals surface area (Å²) in [5.74, 6) is -0.594. The van der Waals surface area contributed by atoms with Gasteiger partial charge in [-0.1, -0.05) is 0 Å². The molecule has 0 amide bonds. The van der Waals surface area contributed by atoms with Gasteiger partial charge in [0.25, 0.3) is 0 Å². The number of quaternary nitrogens is 1. The van der Waals surface area contributed by atoms with Crippen molar-refractivity contribution >= 4 is 0 Å².